The summed E-state index contributed by atoms with van der Waals surface area (Å²) in [4.78, 5) is 12.2. The molecule has 1 amide bonds. The van der Waals surface area contributed by atoms with E-state index in [1.165, 1.54) is 30.3 Å². The van der Waals surface area contributed by atoms with Gasteiger partial charge in [-0.25, -0.2) is 12.8 Å². The van der Waals surface area contributed by atoms with Gasteiger partial charge in [0.2, 0.25) is 5.91 Å². The van der Waals surface area contributed by atoms with Crippen molar-refractivity contribution in [3.63, 3.8) is 0 Å². The van der Waals surface area contributed by atoms with Gasteiger partial charge < -0.3 is 5.32 Å². The number of hydrogen-bond donors (Lipinski definition) is 1. The predicted molar refractivity (Wildman–Crippen MR) is 91.5 cm³/mol. The van der Waals surface area contributed by atoms with E-state index in [1.54, 1.807) is 37.3 Å². The molecule has 0 unspecified atom stereocenters. The van der Waals surface area contributed by atoms with Crippen molar-refractivity contribution in [3.05, 3.63) is 71.6 Å². The van der Waals surface area contributed by atoms with Crippen LogP contribution in [0, 0.1) is 5.82 Å². The predicted octanol–water partition coefficient (Wildman–Crippen LogP) is 3.12. The van der Waals surface area contributed by atoms with Crippen molar-refractivity contribution < 1.29 is 17.6 Å². The van der Waals surface area contributed by atoms with Crippen LogP contribution in [-0.4, -0.2) is 20.6 Å². The molecule has 0 spiro atoms. The number of carbonyl (C=O) groups excluding carboxylic acids is 1. The van der Waals surface area contributed by atoms with Crippen LogP contribution in [-0.2, 0) is 14.6 Å². The van der Waals surface area contributed by atoms with Crippen LogP contribution < -0.4 is 5.32 Å². The third-order valence-electron chi connectivity index (χ3n) is 3.46. The van der Waals surface area contributed by atoms with E-state index in [0.29, 0.717) is 0 Å². The summed E-state index contributed by atoms with van der Waals surface area (Å²) in [5, 5.41) is 2.79. The molecule has 0 aliphatic rings. The molecule has 2 rings (SSSR count). The van der Waals surface area contributed by atoms with Gasteiger partial charge >= 0.3 is 0 Å². The number of rotatable bonds is 5. The van der Waals surface area contributed by atoms with E-state index < -0.39 is 9.84 Å². The Morgan fingerprint density at radius 3 is 2.21 bits per heavy atom. The molecule has 1 N–H and O–H groups in total. The minimum absolute atomic E-state index is 0.237. The standard InChI is InChI=1S/C18H18FNO3S/c1-13(15-6-10-17(11-7-15)24(2,22)23)20-18(21)12-5-14-3-8-16(19)9-4-14/h3-13H,1-2H3,(H,20,21)/b12-5+/t13-/m0/s1. The number of benzene rings is 2. The molecule has 0 aliphatic carbocycles. The minimum Gasteiger partial charge on any atom is -0.346 e. The molecule has 0 fully saturated rings. The summed E-state index contributed by atoms with van der Waals surface area (Å²) in [7, 11) is -3.24. The molecule has 0 radical (unpaired) electrons. The van der Waals surface area contributed by atoms with Crippen LogP contribution >= 0.6 is 0 Å². The van der Waals surface area contributed by atoms with Crippen molar-refractivity contribution >= 4 is 21.8 Å². The summed E-state index contributed by atoms with van der Waals surface area (Å²) in [5.74, 6) is -0.623. The van der Waals surface area contributed by atoms with Gasteiger partial charge in [-0.3, -0.25) is 4.79 Å². The molecule has 126 valence electrons. The summed E-state index contributed by atoms with van der Waals surface area (Å²) < 4.78 is 35.7. The summed E-state index contributed by atoms with van der Waals surface area (Å²) in [6.45, 7) is 1.80. The molecular formula is C18H18FNO3S. The fourth-order valence-corrected chi connectivity index (χ4v) is 2.72. The Balaban J connectivity index is 1.99. The van der Waals surface area contributed by atoms with Crippen molar-refractivity contribution in [3.8, 4) is 0 Å². The quantitative estimate of drug-likeness (QED) is 0.845. The maximum absolute atomic E-state index is 12.8. The Labute approximate surface area is 140 Å². The Kier molecular flexibility index (Phi) is 5.51. The molecule has 24 heavy (non-hydrogen) atoms. The number of sulfone groups is 1. The smallest absolute Gasteiger partial charge is 0.244 e. The van der Waals surface area contributed by atoms with Gasteiger partial charge in [0, 0.05) is 12.3 Å². The first-order valence-electron chi connectivity index (χ1n) is 7.30. The molecule has 0 heterocycles. The van der Waals surface area contributed by atoms with Crippen LogP contribution in [0.25, 0.3) is 6.08 Å². The molecule has 0 aromatic heterocycles. The van der Waals surface area contributed by atoms with Crippen molar-refractivity contribution in [1.82, 2.24) is 5.32 Å². The lowest BCUT2D eigenvalue weighted by atomic mass is 10.1. The molecule has 0 saturated carbocycles. The summed E-state index contributed by atoms with van der Waals surface area (Å²) >= 11 is 0. The molecule has 2 aromatic carbocycles. The molecule has 4 nitrogen and oxygen atoms in total. The number of amides is 1. The minimum atomic E-state index is -3.24. The first kappa shape index (κ1) is 17.9. The molecule has 1 atom stereocenters. The lowest BCUT2D eigenvalue weighted by Crippen LogP contribution is -2.24. The summed E-state index contributed by atoms with van der Waals surface area (Å²) in [6.07, 6.45) is 4.11. The second-order valence-corrected chi connectivity index (χ2v) is 7.47. The van der Waals surface area contributed by atoms with Gasteiger partial charge in [0.15, 0.2) is 9.84 Å². The molecule has 0 saturated heterocycles. The molecular weight excluding hydrogens is 329 g/mol. The number of hydrogen-bond acceptors (Lipinski definition) is 3. The van der Waals surface area contributed by atoms with Crippen LogP contribution in [0.5, 0.6) is 0 Å². The van der Waals surface area contributed by atoms with E-state index in [4.69, 9.17) is 0 Å². The highest BCUT2D eigenvalue weighted by molar-refractivity contribution is 7.90. The van der Waals surface area contributed by atoms with Gasteiger partial charge in [-0.2, -0.15) is 0 Å². The van der Waals surface area contributed by atoms with E-state index in [0.717, 1.165) is 17.4 Å². The van der Waals surface area contributed by atoms with Crippen molar-refractivity contribution in [1.29, 1.82) is 0 Å². The lowest BCUT2D eigenvalue weighted by molar-refractivity contribution is -0.117. The highest BCUT2D eigenvalue weighted by Gasteiger charge is 2.10. The zero-order valence-corrected chi connectivity index (χ0v) is 14.2. The van der Waals surface area contributed by atoms with Crippen LogP contribution in [0.2, 0.25) is 0 Å². The first-order valence-corrected chi connectivity index (χ1v) is 9.19. The average molecular weight is 347 g/mol. The second-order valence-electron chi connectivity index (χ2n) is 5.46. The monoisotopic (exact) mass is 347 g/mol. The third-order valence-corrected chi connectivity index (χ3v) is 4.59. The summed E-state index contributed by atoms with van der Waals surface area (Å²) in [6, 6.07) is 11.9. The largest absolute Gasteiger partial charge is 0.346 e. The van der Waals surface area contributed by atoms with E-state index >= 15 is 0 Å². The molecule has 0 aliphatic heterocycles. The maximum atomic E-state index is 12.8. The van der Waals surface area contributed by atoms with E-state index in [1.807, 2.05) is 0 Å². The van der Waals surface area contributed by atoms with Gasteiger partial charge in [-0.05, 0) is 48.4 Å². The number of nitrogens with one attached hydrogen (secondary N) is 1. The first-order chi connectivity index (χ1) is 11.3. The maximum Gasteiger partial charge on any atom is 0.244 e. The normalized spacial score (nSPS) is 13.0. The van der Waals surface area contributed by atoms with Crippen molar-refractivity contribution in [2.45, 2.75) is 17.9 Å². The Morgan fingerprint density at radius 1 is 1.08 bits per heavy atom. The molecule has 6 heteroatoms. The van der Waals surface area contributed by atoms with Gasteiger partial charge in [-0.15, -0.1) is 0 Å². The number of carbonyl (C=O) groups is 1. The van der Waals surface area contributed by atoms with Gasteiger partial charge in [-0.1, -0.05) is 24.3 Å². The molecule has 2 aromatic rings. The van der Waals surface area contributed by atoms with E-state index in [2.05, 4.69) is 5.32 Å². The van der Waals surface area contributed by atoms with Crippen molar-refractivity contribution in [2.75, 3.05) is 6.26 Å². The third kappa shape index (κ3) is 5.03. The van der Waals surface area contributed by atoms with Gasteiger partial charge in [0.05, 0.1) is 10.9 Å². The van der Waals surface area contributed by atoms with E-state index in [-0.39, 0.29) is 22.7 Å². The fourth-order valence-electron chi connectivity index (χ4n) is 2.09. The van der Waals surface area contributed by atoms with Crippen LogP contribution in [0.15, 0.2) is 59.5 Å². The van der Waals surface area contributed by atoms with Crippen LogP contribution in [0.3, 0.4) is 0 Å². The topological polar surface area (TPSA) is 63.2 Å². The second kappa shape index (κ2) is 7.40. The average Bonchev–Trinajstić information content (AvgIpc) is 2.53. The van der Waals surface area contributed by atoms with Crippen LogP contribution in [0.1, 0.15) is 24.1 Å². The zero-order chi connectivity index (χ0) is 17.7. The van der Waals surface area contributed by atoms with Crippen LogP contribution in [0.4, 0.5) is 4.39 Å². The lowest BCUT2D eigenvalue weighted by Gasteiger charge is -2.13. The SMILES string of the molecule is C[C@H](NC(=O)/C=C/c1ccc(F)cc1)c1ccc(S(C)(=O)=O)cc1. The van der Waals surface area contributed by atoms with Gasteiger partial charge in [0.1, 0.15) is 5.82 Å². The highest BCUT2D eigenvalue weighted by atomic mass is 32.2. The highest BCUT2D eigenvalue weighted by Crippen LogP contribution is 2.16. The Bertz CT molecular complexity index is 841. The fraction of sp³-hybridized carbons (Fsp3) is 0.167. The summed E-state index contributed by atoms with van der Waals surface area (Å²) in [5.41, 5.74) is 1.52. The molecule has 0 bridgehead atoms. The Hall–Kier alpha value is -2.47. The number of halogens is 1. The zero-order valence-electron chi connectivity index (χ0n) is 13.4. The Morgan fingerprint density at radius 2 is 1.67 bits per heavy atom. The van der Waals surface area contributed by atoms with Gasteiger partial charge in [0.25, 0.3) is 0 Å². The van der Waals surface area contributed by atoms with E-state index in [9.17, 15) is 17.6 Å². The van der Waals surface area contributed by atoms with Crippen molar-refractivity contribution in [2.24, 2.45) is 0 Å².